The number of benzene rings is 1. The van der Waals surface area contributed by atoms with Gasteiger partial charge in [0.25, 0.3) is 0 Å². The molecular formula is C17H23FN4O2. The van der Waals surface area contributed by atoms with Crippen molar-refractivity contribution in [2.24, 2.45) is 0 Å². The number of rotatable bonds is 7. The van der Waals surface area contributed by atoms with E-state index in [1.165, 1.54) is 12.1 Å². The predicted molar refractivity (Wildman–Crippen MR) is 87.2 cm³/mol. The lowest BCUT2D eigenvalue weighted by Gasteiger charge is -2.32. The van der Waals surface area contributed by atoms with Crippen LogP contribution in [0.4, 0.5) is 4.39 Å². The zero-order valence-corrected chi connectivity index (χ0v) is 13.9. The molecule has 1 aromatic heterocycles. The number of hydrogen-bond acceptors (Lipinski definition) is 6. The van der Waals surface area contributed by atoms with Crippen LogP contribution in [0.15, 0.2) is 28.8 Å². The fourth-order valence-corrected chi connectivity index (χ4v) is 2.96. The van der Waals surface area contributed by atoms with Crippen LogP contribution < -0.4 is 10.1 Å². The van der Waals surface area contributed by atoms with Gasteiger partial charge in [0.05, 0.1) is 6.54 Å². The molecule has 0 amide bonds. The molecule has 1 aliphatic heterocycles. The van der Waals surface area contributed by atoms with Crippen molar-refractivity contribution >= 4 is 0 Å². The molecule has 0 saturated carbocycles. The normalized spacial score (nSPS) is 18.7. The topological polar surface area (TPSA) is 63.4 Å². The highest BCUT2D eigenvalue weighted by molar-refractivity contribution is 5.22. The number of ether oxygens (including phenoxy) is 1. The maximum atomic E-state index is 13.1. The van der Waals surface area contributed by atoms with Crippen LogP contribution >= 0.6 is 0 Å². The number of likely N-dealkylation sites (tertiary alicyclic amines) is 1. The highest BCUT2D eigenvalue weighted by Crippen LogP contribution is 2.13. The standard InChI is InChI=1S/C17H23FN4O2/c1-13-20-17(21-24-13)12-22-8-3-5-15(11-22)19-7-9-23-16-6-2-4-14(18)10-16/h2,4,6,10,15,19H,3,5,7-9,11-12H2,1H3/t15-/m0/s1. The first kappa shape index (κ1) is 16.9. The second-order valence-corrected chi connectivity index (χ2v) is 6.06. The first-order valence-electron chi connectivity index (χ1n) is 8.32. The number of hydrogen-bond donors (Lipinski definition) is 1. The summed E-state index contributed by atoms with van der Waals surface area (Å²) in [7, 11) is 0. The first-order chi connectivity index (χ1) is 11.7. The molecule has 0 unspecified atom stereocenters. The van der Waals surface area contributed by atoms with Crippen molar-refractivity contribution in [1.29, 1.82) is 0 Å². The van der Waals surface area contributed by atoms with Gasteiger partial charge in [-0.05, 0) is 31.5 Å². The molecule has 24 heavy (non-hydrogen) atoms. The molecule has 0 spiro atoms. The maximum Gasteiger partial charge on any atom is 0.223 e. The minimum Gasteiger partial charge on any atom is -0.492 e. The fraction of sp³-hybridized carbons (Fsp3) is 0.529. The van der Waals surface area contributed by atoms with Crippen LogP contribution in [0.5, 0.6) is 5.75 Å². The van der Waals surface area contributed by atoms with E-state index in [0.29, 0.717) is 24.3 Å². The molecule has 1 atom stereocenters. The van der Waals surface area contributed by atoms with Crippen molar-refractivity contribution in [3.8, 4) is 5.75 Å². The third-order valence-corrected chi connectivity index (χ3v) is 4.04. The van der Waals surface area contributed by atoms with Crippen LogP contribution in [-0.4, -0.2) is 47.3 Å². The minimum absolute atomic E-state index is 0.278. The van der Waals surface area contributed by atoms with Gasteiger partial charge in [0.1, 0.15) is 18.2 Å². The average molecular weight is 334 g/mol. The van der Waals surface area contributed by atoms with Gasteiger partial charge in [0.15, 0.2) is 5.82 Å². The molecular weight excluding hydrogens is 311 g/mol. The second kappa shape index (κ2) is 8.21. The number of nitrogens with one attached hydrogen (secondary N) is 1. The van der Waals surface area contributed by atoms with E-state index in [0.717, 1.165) is 44.8 Å². The second-order valence-electron chi connectivity index (χ2n) is 6.06. The lowest BCUT2D eigenvalue weighted by Crippen LogP contribution is -2.46. The van der Waals surface area contributed by atoms with E-state index in [1.54, 1.807) is 19.1 Å². The van der Waals surface area contributed by atoms with Crippen LogP contribution in [0.1, 0.15) is 24.6 Å². The molecule has 2 aromatic rings. The quantitative estimate of drug-likeness (QED) is 0.783. The average Bonchev–Trinajstić information content (AvgIpc) is 2.97. The molecule has 0 aliphatic carbocycles. The summed E-state index contributed by atoms with van der Waals surface area (Å²) in [6.45, 7) is 5.77. The van der Waals surface area contributed by atoms with Gasteiger partial charge in [0, 0.05) is 32.1 Å². The molecule has 1 N–H and O–H groups in total. The Kier molecular flexibility index (Phi) is 5.77. The summed E-state index contributed by atoms with van der Waals surface area (Å²) < 4.78 is 23.6. The van der Waals surface area contributed by atoms with Crippen LogP contribution in [0.2, 0.25) is 0 Å². The monoisotopic (exact) mass is 334 g/mol. The van der Waals surface area contributed by atoms with E-state index in [9.17, 15) is 4.39 Å². The zero-order chi connectivity index (χ0) is 16.8. The molecule has 2 heterocycles. The van der Waals surface area contributed by atoms with Crippen molar-refractivity contribution in [1.82, 2.24) is 20.4 Å². The molecule has 0 bridgehead atoms. The van der Waals surface area contributed by atoms with Gasteiger partial charge in [-0.15, -0.1) is 0 Å². The summed E-state index contributed by atoms with van der Waals surface area (Å²) in [4.78, 5) is 6.59. The smallest absolute Gasteiger partial charge is 0.223 e. The van der Waals surface area contributed by atoms with Gasteiger partial charge in [-0.2, -0.15) is 4.98 Å². The fourth-order valence-electron chi connectivity index (χ4n) is 2.96. The van der Waals surface area contributed by atoms with Crippen molar-refractivity contribution in [2.75, 3.05) is 26.2 Å². The summed E-state index contributed by atoms with van der Waals surface area (Å²) in [5.41, 5.74) is 0. The minimum atomic E-state index is -0.278. The van der Waals surface area contributed by atoms with Crippen molar-refractivity contribution < 1.29 is 13.7 Å². The Morgan fingerprint density at radius 2 is 2.38 bits per heavy atom. The van der Waals surface area contributed by atoms with Crippen LogP contribution in [0.3, 0.4) is 0 Å². The van der Waals surface area contributed by atoms with Crippen LogP contribution in [-0.2, 0) is 6.54 Å². The Morgan fingerprint density at radius 3 is 3.17 bits per heavy atom. The third-order valence-electron chi connectivity index (χ3n) is 4.04. The SMILES string of the molecule is Cc1nc(CN2CCC[C@H](NCCOc3cccc(F)c3)C2)no1. The van der Waals surface area contributed by atoms with Crippen LogP contribution in [0.25, 0.3) is 0 Å². The summed E-state index contributed by atoms with van der Waals surface area (Å²) in [5.74, 6) is 1.63. The maximum absolute atomic E-state index is 13.1. The molecule has 1 aromatic carbocycles. The van der Waals surface area contributed by atoms with E-state index in [4.69, 9.17) is 9.26 Å². The largest absolute Gasteiger partial charge is 0.492 e. The Balaban J connectivity index is 1.37. The Hall–Kier alpha value is -1.99. The van der Waals surface area contributed by atoms with Crippen molar-refractivity contribution in [2.45, 2.75) is 32.4 Å². The molecule has 3 rings (SSSR count). The molecule has 6 nitrogen and oxygen atoms in total. The highest BCUT2D eigenvalue weighted by Gasteiger charge is 2.20. The summed E-state index contributed by atoms with van der Waals surface area (Å²) in [6.07, 6.45) is 2.28. The Labute approximate surface area is 141 Å². The number of aromatic nitrogens is 2. The highest BCUT2D eigenvalue weighted by atomic mass is 19.1. The summed E-state index contributed by atoms with van der Waals surface area (Å²) in [6, 6.07) is 6.64. The van der Waals surface area contributed by atoms with Gasteiger partial charge in [-0.25, -0.2) is 4.39 Å². The van der Waals surface area contributed by atoms with Crippen molar-refractivity contribution in [3.05, 3.63) is 41.8 Å². The number of piperidine rings is 1. The molecule has 1 saturated heterocycles. The van der Waals surface area contributed by atoms with Gasteiger partial charge < -0.3 is 14.6 Å². The molecule has 1 fully saturated rings. The van der Waals surface area contributed by atoms with E-state index in [1.807, 2.05) is 0 Å². The molecule has 7 heteroatoms. The van der Waals surface area contributed by atoms with E-state index in [-0.39, 0.29) is 5.82 Å². The van der Waals surface area contributed by atoms with Gasteiger partial charge in [-0.1, -0.05) is 11.2 Å². The molecule has 1 aliphatic rings. The van der Waals surface area contributed by atoms with E-state index in [2.05, 4.69) is 20.4 Å². The van der Waals surface area contributed by atoms with Gasteiger partial charge in [-0.3, -0.25) is 4.90 Å². The number of halogens is 1. The third kappa shape index (κ3) is 5.01. The Morgan fingerprint density at radius 1 is 1.46 bits per heavy atom. The Bertz CT molecular complexity index is 649. The van der Waals surface area contributed by atoms with Crippen LogP contribution in [0, 0.1) is 12.7 Å². The zero-order valence-electron chi connectivity index (χ0n) is 13.9. The lowest BCUT2D eigenvalue weighted by molar-refractivity contribution is 0.173. The van der Waals surface area contributed by atoms with Crippen molar-refractivity contribution in [3.63, 3.8) is 0 Å². The number of aryl methyl sites for hydroxylation is 1. The first-order valence-corrected chi connectivity index (χ1v) is 8.32. The molecule has 0 radical (unpaired) electrons. The molecule has 130 valence electrons. The number of nitrogens with zero attached hydrogens (tertiary/aromatic N) is 3. The van der Waals surface area contributed by atoms with Gasteiger partial charge >= 0.3 is 0 Å². The summed E-state index contributed by atoms with van der Waals surface area (Å²) >= 11 is 0. The summed E-state index contributed by atoms with van der Waals surface area (Å²) in [5, 5.41) is 7.45. The predicted octanol–water partition coefficient (Wildman–Crippen LogP) is 2.15. The lowest BCUT2D eigenvalue weighted by atomic mass is 10.1. The van der Waals surface area contributed by atoms with E-state index < -0.39 is 0 Å². The van der Waals surface area contributed by atoms with Gasteiger partial charge in [0.2, 0.25) is 5.89 Å². The van der Waals surface area contributed by atoms with E-state index >= 15 is 0 Å².